The van der Waals surface area contributed by atoms with E-state index in [1.54, 1.807) is 24.4 Å². The Kier molecular flexibility index (Phi) is 7.32. The molecule has 0 fully saturated rings. The maximum absolute atomic E-state index is 10.5. The number of hydrogen-bond acceptors (Lipinski definition) is 9. The van der Waals surface area contributed by atoms with Gasteiger partial charge in [0, 0.05) is 28.1 Å². The molecule has 9 nitrogen and oxygen atoms in total. The quantitative estimate of drug-likeness (QED) is 0.318. The molecule has 22 heavy (non-hydrogen) atoms. The minimum Gasteiger partial charge on any atom is -0.314 e. The van der Waals surface area contributed by atoms with Crippen molar-refractivity contribution in [1.29, 1.82) is 0 Å². The van der Waals surface area contributed by atoms with E-state index in [1.807, 2.05) is 0 Å². The van der Waals surface area contributed by atoms with Crippen molar-refractivity contribution in [3.8, 4) is 0 Å². The van der Waals surface area contributed by atoms with Crippen LogP contribution in [0, 0.1) is 20.2 Å². The van der Waals surface area contributed by atoms with E-state index < -0.39 is 16.3 Å². The molecule has 1 unspecified atom stereocenters. The molecular weight excluding hydrogens is 334 g/mol. The van der Waals surface area contributed by atoms with Crippen LogP contribution in [-0.4, -0.2) is 23.0 Å². The fourth-order valence-corrected chi connectivity index (χ4v) is 2.21. The monoisotopic (exact) mass is 347 g/mol. The molecule has 1 rings (SSSR count). The molecule has 0 aliphatic rings. The lowest BCUT2D eigenvalue weighted by Gasteiger charge is -2.08. The van der Waals surface area contributed by atoms with E-state index in [-0.39, 0.29) is 13.0 Å². The molecule has 1 heterocycles. The maximum atomic E-state index is 10.5. The van der Waals surface area contributed by atoms with Crippen molar-refractivity contribution in [3.63, 3.8) is 0 Å². The number of hydrogen-bond donors (Lipinski definition) is 1. The van der Waals surface area contributed by atoms with Gasteiger partial charge in [0.25, 0.3) is 10.2 Å². The van der Waals surface area contributed by atoms with Crippen molar-refractivity contribution in [3.05, 3.63) is 53.2 Å². The Morgan fingerprint density at radius 3 is 2.77 bits per heavy atom. The van der Waals surface area contributed by atoms with Crippen LogP contribution < -0.4 is 0 Å². The van der Waals surface area contributed by atoms with E-state index in [9.17, 15) is 20.2 Å². The summed E-state index contributed by atoms with van der Waals surface area (Å²) in [5, 5.41) is 20.5. The normalized spacial score (nSPS) is 13.5. The lowest BCUT2D eigenvalue weighted by Crippen LogP contribution is -2.09. The average molecular weight is 347 g/mol. The minimum absolute atomic E-state index is 0.140. The molecule has 1 aromatic heterocycles. The number of nitrogens with zero attached hydrogens (tertiary/aromatic N) is 3. The predicted molar refractivity (Wildman–Crippen MR) is 82.9 cm³/mol. The van der Waals surface area contributed by atoms with Gasteiger partial charge in [0.05, 0.1) is 0 Å². The van der Waals surface area contributed by atoms with Gasteiger partial charge in [-0.05, 0) is 18.4 Å². The summed E-state index contributed by atoms with van der Waals surface area (Å²) in [6, 6.07) is 3.43. The molecule has 0 radical (unpaired) electrons. The Labute approximate surface area is 134 Å². The molecule has 0 aliphatic heterocycles. The first-order valence-corrected chi connectivity index (χ1v) is 7.27. The first-order valence-electron chi connectivity index (χ1n) is 5.95. The van der Waals surface area contributed by atoms with E-state index in [0.29, 0.717) is 15.5 Å². The van der Waals surface area contributed by atoms with Crippen LogP contribution in [0.4, 0.5) is 0 Å². The molecular formula is C11H13N3O6S2. The van der Waals surface area contributed by atoms with Gasteiger partial charge in [0.1, 0.15) is 6.61 Å². The van der Waals surface area contributed by atoms with Gasteiger partial charge in [-0.25, -0.2) is 0 Å². The third-order valence-corrected chi connectivity index (χ3v) is 3.86. The van der Waals surface area contributed by atoms with Crippen molar-refractivity contribution in [2.45, 2.75) is 19.4 Å². The molecule has 0 spiro atoms. The third-order valence-electron chi connectivity index (χ3n) is 2.38. The van der Waals surface area contributed by atoms with E-state index in [1.165, 1.54) is 17.6 Å². The molecule has 0 bridgehead atoms. The van der Waals surface area contributed by atoms with Crippen LogP contribution in [0.1, 0.15) is 24.3 Å². The summed E-state index contributed by atoms with van der Waals surface area (Å²) in [4.78, 5) is 34.4. The molecule has 0 saturated carbocycles. The molecule has 1 atom stereocenters. The highest BCUT2D eigenvalue weighted by Gasteiger charge is 2.14. The molecule has 0 saturated heterocycles. The number of rotatable bonds is 9. The second-order valence-electron chi connectivity index (χ2n) is 3.88. The third kappa shape index (κ3) is 6.54. The van der Waals surface area contributed by atoms with Gasteiger partial charge in [-0.1, -0.05) is 6.07 Å². The SMILES string of the molecule is C/C(N=CC(O[N+](=O)[O-])c1cccs1)=C(/S)CCO[N+](=O)[O-]. The Bertz CT molecular complexity index is 572. The van der Waals surface area contributed by atoms with Crippen molar-refractivity contribution in [2.24, 2.45) is 4.99 Å². The number of allylic oxidation sites excluding steroid dienone is 1. The first-order chi connectivity index (χ1) is 10.4. The van der Waals surface area contributed by atoms with Crippen LogP contribution in [-0.2, 0) is 9.68 Å². The highest BCUT2D eigenvalue weighted by atomic mass is 32.1. The van der Waals surface area contributed by atoms with Crippen LogP contribution in [0.5, 0.6) is 0 Å². The van der Waals surface area contributed by atoms with Crippen molar-refractivity contribution in [2.75, 3.05) is 6.61 Å². The topological polar surface area (TPSA) is 117 Å². The number of thiophene rings is 1. The molecule has 120 valence electrons. The Morgan fingerprint density at radius 1 is 1.50 bits per heavy atom. The van der Waals surface area contributed by atoms with Crippen molar-refractivity contribution in [1.82, 2.24) is 0 Å². The maximum Gasteiger partial charge on any atom is 0.295 e. The smallest absolute Gasteiger partial charge is 0.295 e. The Balaban J connectivity index is 2.72. The van der Waals surface area contributed by atoms with Crippen LogP contribution in [0.25, 0.3) is 0 Å². The molecule has 1 aromatic rings. The number of aliphatic imine (C=N–C) groups is 1. The van der Waals surface area contributed by atoms with E-state index in [0.717, 1.165) is 0 Å². The lowest BCUT2D eigenvalue weighted by molar-refractivity contribution is -0.765. The van der Waals surface area contributed by atoms with E-state index in [4.69, 9.17) is 0 Å². The molecule has 0 amide bonds. The van der Waals surface area contributed by atoms with E-state index >= 15 is 0 Å². The molecule has 0 N–H and O–H groups in total. The molecule has 0 aromatic carbocycles. The zero-order valence-electron chi connectivity index (χ0n) is 11.4. The summed E-state index contributed by atoms with van der Waals surface area (Å²) in [5.41, 5.74) is 0.462. The van der Waals surface area contributed by atoms with Crippen LogP contribution in [0.15, 0.2) is 33.1 Å². The van der Waals surface area contributed by atoms with Crippen molar-refractivity contribution >= 4 is 30.2 Å². The standard InChI is InChI=1S/C11H13N3O6S2/c1-8(10(21)4-5-19-13(15)16)12-7-9(20-14(17)18)11-3-2-6-22-11/h2-3,6-7,9,21H,4-5H2,1H3/b10-8-,12-7?. The summed E-state index contributed by atoms with van der Waals surface area (Å²) in [6.07, 6.45) is 0.572. The highest BCUT2D eigenvalue weighted by Crippen LogP contribution is 2.22. The second-order valence-corrected chi connectivity index (χ2v) is 5.40. The fourth-order valence-electron chi connectivity index (χ4n) is 1.35. The van der Waals surface area contributed by atoms with Crippen LogP contribution >= 0.6 is 24.0 Å². The first kappa shape index (κ1) is 17.9. The van der Waals surface area contributed by atoms with Gasteiger partial charge in [-0.3, -0.25) is 9.83 Å². The summed E-state index contributed by atoms with van der Waals surface area (Å²) in [6.45, 7) is 1.49. The van der Waals surface area contributed by atoms with Gasteiger partial charge in [0.2, 0.25) is 0 Å². The van der Waals surface area contributed by atoms with Gasteiger partial charge in [0.15, 0.2) is 6.10 Å². The summed E-state index contributed by atoms with van der Waals surface area (Å²) < 4.78 is 0. The van der Waals surface area contributed by atoms with Gasteiger partial charge >= 0.3 is 0 Å². The zero-order chi connectivity index (χ0) is 16.5. The zero-order valence-corrected chi connectivity index (χ0v) is 13.2. The van der Waals surface area contributed by atoms with Gasteiger partial charge in [-0.2, -0.15) is 0 Å². The Hall–Kier alpha value is -2.14. The Morgan fingerprint density at radius 2 is 2.23 bits per heavy atom. The summed E-state index contributed by atoms with van der Waals surface area (Å²) >= 11 is 5.47. The second kappa shape index (κ2) is 9.00. The van der Waals surface area contributed by atoms with E-state index in [2.05, 4.69) is 27.3 Å². The fraction of sp³-hybridized carbons (Fsp3) is 0.364. The molecule has 11 heteroatoms. The largest absolute Gasteiger partial charge is 0.314 e. The van der Waals surface area contributed by atoms with Gasteiger partial charge in [-0.15, -0.1) is 44.2 Å². The number of thiol groups is 1. The summed E-state index contributed by atoms with van der Waals surface area (Å²) in [5.74, 6) is 0. The lowest BCUT2D eigenvalue weighted by atomic mass is 10.3. The molecule has 0 aliphatic carbocycles. The van der Waals surface area contributed by atoms with Crippen molar-refractivity contribution < 1.29 is 19.8 Å². The van der Waals surface area contributed by atoms with Gasteiger partial charge < -0.3 is 4.84 Å². The minimum atomic E-state index is -0.916. The van der Waals surface area contributed by atoms with Crippen LogP contribution in [0.3, 0.4) is 0 Å². The van der Waals surface area contributed by atoms with Crippen LogP contribution in [0.2, 0.25) is 0 Å². The summed E-state index contributed by atoms with van der Waals surface area (Å²) in [7, 11) is 0. The average Bonchev–Trinajstić information content (AvgIpc) is 2.96. The predicted octanol–water partition coefficient (Wildman–Crippen LogP) is 2.83. The highest BCUT2D eigenvalue weighted by molar-refractivity contribution is 7.84.